The molecule has 1 aromatic carbocycles. The van der Waals surface area contributed by atoms with Gasteiger partial charge in [-0.25, -0.2) is 0 Å². The van der Waals surface area contributed by atoms with Gasteiger partial charge in [0.2, 0.25) is 0 Å². The van der Waals surface area contributed by atoms with Gasteiger partial charge in [-0.1, -0.05) is 17.7 Å². The minimum Gasteiger partial charge on any atom is -0.380 e. The third-order valence-electron chi connectivity index (χ3n) is 5.17. The molecule has 3 fully saturated rings. The van der Waals surface area contributed by atoms with Gasteiger partial charge in [0.25, 0.3) is 7.37 Å². The molecule has 27 heavy (non-hydrogen) atoms. The molecule has 3 aliphatic rings. The van der Waals surface area contributed by atoms with E-state index in [4.69, 9.17) is 23.5 Å². The van der Waals surface area contributed by atoms with Gasteiger partial charge in [-0.2, -0.15) is 0 Å². The quantitative estimate of drug-likeness (QED) is 0.766. The van der Waals surface area contributed by atoms with Crippen LogP contribution in [0.4, 0.5) is 0 Å². The number of benzene rings is 1. The Morgan fingerprint density at radius 2 is 1.74 bits per heavy atom. The molecule has 0 aromatic heterocycles. The average molecular weight is 398 g/mol. The highest BCUT2D eigenvalue weighted by atomic mass is 31.2. The molecule has 1 aromatic rings. The molecule has 0 bridgehead atoms. The number of fused-ring (bicyclic) bond motifs is 1. The lowest BCUT2D eigenvalue weighted by atomic mass is 10.0. The van der Waals surface area contributed by atoms with Crippen LogP contribution in [0.25, 0.3) is 0 Å². The predicted octanol–water partition coefficient (Wildman–Crippen LogP) is 2.29. The Bertz CT molecular complexity index is 777. The van der Waals surface area contributed by atoms with Crippen LogP contribution in [0.3, 0.4) is 0 Å². The van der Waals surface area contributed by atoms with Gasteiger partial charge in [0, 0.05) is 5.30 Å². The van der Waals surface area contributed by atoms with Crippen molar-refractivity contribution in [3.63, 3.8) is 0 Å². The van der Waals surface area contributed by atoms with Crippen molar-refractivity contribution in [1.82, 2.24) is 0 Å². The van der Waals surface area contributed by atoms with Crippen LogP contribution >= 0.6 is 7.37 Å². The molecule has 0 aliphatic carbocycles. The van der Waals surface area contributed by atoms with Crippen molar-refractivity contribution in [2.45, 2.75) is 76.5 Å². The van der Waals surface area contributed by atoms with Crippen molar-refractivity contribution in [3.8, 4) is 0 Å². The summed E-state index contributed by atoms with van der Waals surface area (Å²) in [6.07, 6.45) is -2.55. The van der Waals surface area contributed by atoms with E-state index in [1.807, 2.05) is 26.8 Å². The maximum Gasteiger partial charge on any atom is 0.262 e. The van der Waals surface area contributed by atoms with E-state index in [0.717, 1.165) is 5.56 Å². The first-order valence-electron chi connectivity index (χ1n) is 9.22. The summed E-state index contributed by atoms with van der Waals surface area (Å²) in [4.78, 5) is 0. The van der Waals surface area contributed by atoms with E-state index in [1.165, 1.54) is 0 Å². The average Bonchev–Trinajstić information content (AvgIpc) is 3.10. The zero-order valence-corrected chi connectivity index (χ0v) is 17.1. The molecule has 1 N–H and O–H groups in total. The van der Waals surface area contributed by atoms with Crippen LogP contribution in [-0.2, 0) is 28.0 Å². The van der Waals surface area contributed by atoms with Crippen molar-refractivity contribution >= 4 is 12.7 Å². The Hall–Kier alpha value is -0.790. The Morgan fingerprint density at radius 3 is 2.37 bits per heavy atom. The zero-order chi connectivity index (χ0) is 19.6. The molecule has 0 unspecified atom stereocenters. The number of rotatable bonds is 2. The van der Waals surface area contributed by atoms with Gasteiger partial charge in [-0.3, -0.25) is 4.57 Å². The minimum absolute atomic E-state index is 0.286. The predicted molar refractivity (Wildman–Crippen MR) is 98.0 cm³/mol. The van der Waals surface area contributed by atoms with Crippen LogP contribution in [0.2, 0.25) is 0 Å². The Labute approximate surface area is 159 Å². The molecule has 8 heteroatoms. The molecule has 0 radical (unpaired) electrons. The topological polar surface area (TPSA) is 83.5 Å². The summed E-state index contributed by atoms with van der Waals surface area (Å²) < 4.78 is 43.6. The summed E-state index contributed by atoms with van der Waals surface area (Å²) in [5.41, 5.74) is 0.933. The molecule has 4 rings (SSSR count). The third-order valence-corrected chi connectivity index (χ3v) is 7.71. The van der Waals surface area contributed by atoms with Gasteiger partial charge >= 0.3 is 0 Å². The van der Waals surface area contributed by atoms with Crippen LogP contribution in [-0.4, -0.2) is 53.5 Å². The first kappa shape index (κ1) is 19.5. The highest BCUT2D eigenvalue weighted by Gasteiger charge is 2.62. The molecule has 0 saturated carbocycles. The molecule has 7 nitrogen and oxygen atoms in total. The van der Waals surface area contributed by atoms with Crippen molar-refractivity contribution in [3.05, 3.63) is 29.8 Å². The van der Waals surface area contributed by atoms with Crippen molar-refractivity contribution in [1.29, 1.82) is 0 Å². The summed E-state index contributed by atoms with van der Waals surface area (Å²) >= 11 is 0. The molecule has 6 atom stereocenters. The van der Waals surface area contributed by atoms with Crippen LogP contribution < -0.4 is 5.30 Å². The lowest BCUT2D eigenvalue weighted by molar-refractivity contribution is -0.174. The summed E-state index contributed by atoms with van der Waals surface area (Å²) in [5.74, 6) is -3.01. The van der Waals surface area contributed by atoms with Crippen molar-refractivity contribution in [2.75, 3.05) is 6.61 Å². The molecule has 3 aliphatic heterocycles. The van der Waals surface area contributed by atoms with Gasteiger partial charge in [0.15, 0.2) is 17.4 Å². The standard InChI is InChI=1S/C19H27O7P/c1-11-7-6-8-12(9-11)27(21)17(20)16-15(24-19(4,5)25-16)14(26-27)13-10-22-18(2,3)23-13/h6-9,13-17,20H,10H2,1-5H3/t13-,14-,15+,16+,17-,27+/m1/s1. The van der Waals surface area contributed by atoms with E-state index in [9.17, 15) is 9.67 Å². The van der Waals surface area contributed by atoms with Gasteiger partial charge < -0.3 is 28.6 Å². The van der Waals surface area contributed by atoms with E-state index < -0.39 is 49.2 Å². The summed E-state index contributed by atoms with van der Waals surface area (Å²) in [6.45, 7) is 9.36. The summed E-state index contributed by atoms with van der Waals surface area (Å²) in [6, 6.07) is 7.19. The van der Waals surface area contributed by atoms with Crippen LogP contribution in [0.15, 0.2) is 24.3 Å². The monoisotopic (exact) mass is 398 g/mol. The molecule has 3 heterocycles. The first-order valence-corrected chi connectivity index (χ1v) is 10.9. The number of aliphatic hydroxyl groups excluding tert-OH is 1. The normalized spacial score (nSPS) is 42.8. The molecule has 0 spiro atoms. The Balaban J connectivity index is 1.74. The second-order valence-electron chi connectivity index (χ2n) is 8.35. The molecule has 0 amide bonds. The fourth-order valence-corrected chi connectivity index (χ4v) is 6.45. The molecular weight excluding hydrogens is 371 g/mol. The van der Waals surface area contributed by atoms with E-state index in [1.54, 1.807) is 32.0 Å². The first-order chi connectivity index (χ1) is 12.5. The lowest BCUT2D eigenvalue weighted by Crippen LogP contribution is -2.55. The largest absolute Gasteiger partial charge is 0.380 e. The van der Waals surface area contributed by atoms with Gasteiger partial charge in [-0.15, -0.1) is 0 Å². The maximum atomic E-state index is 13.9. The lowest BCUT2D eigenvalue weighted by Gasteiger charge is -2.41. The van der Waals surface area contributed by atoms with E-state index in [2.05, 4.69) is 0 Å². The zero-order valence-electron chi connectivity index (χ0n) is 16.2. The maximum absolute atomic E-state index is 13.9. The number of aliphatic hydroxyl groups is 1. The Kier molecular flexibility index (Phi) is 4.60. The number of ether oxygens (including phenoxy) is 4. The third kappa shape index (κ3) is 3.40. The second kappa shape index (κ2) is 6.36. The van der Waals surface area contributed by atoms with Crippen LogP contribution in [0, 0.1) is 6.92 Å². The van der Waals surface area contributed by atoms with E-state index in [0.29, 0.717) is 5.30 Å². The number of aryl methyl sites for hydroxylation is 1. The van der Waals surface area contributed by atoms with Crippen molar-refractivity contribution < 1.29 is 33.1 Å². The summed E-state index contributed by atoms with van der Waals surface area (Å²) in [5, 5.41) is 11.4. The second-order valence-corrected chi connectivity index (χ2v) is 10.8. The molecule has 3 saturated heterocycles. The smallest absolute Gasteiger partial charge is 0.262 e. The van der Waals surface area contributed by atoms with Crippen molar-refractivity contribution in [2.24, 2.45) is 0 Å². The number of hydrogen-bond donors (Lipinski definition) is 1. The fourth-order valence-electron chi connectivity index (χ4n) is 3.99. The highest BCUT2D eigenvalue weighted by molar-refractivity contribution is 7.67. The van der Waals surface area contributed by atoms with Crippen LogP contribution in [0.5, 0.6) is 0 Å². The SMILES string of the molecule is Cc1cccc([P@]2(=O)O[C@H]([C@H]3COC(C)(C)O3)[C@@H]3OC(C)(C)O[C@@H]3[C@@H]2O)c1. The van der Waals surface area contributed by atoms with Gasteiger partial charge in [0.1, 0.15) is 24.4 Å². The summed E-state index contributed by atoms with van der Waals surface area (Å²) in [7, 11) is -3.65. The van der Waals surface area contributed by atoms with Gasteiger partial charge in [-0.05, 0) is 46.8 Å². The van der Waals surface area contributed by atoms with E-state index in [-0.39, 0.29) is 6.61 Å². The van der Waals surface area contributed by atoms with E-state index >= 15 is 0 Å². The molecule has 150 valence electrons. The number of hydrogen-bond acceptors (Lipinski definition) is 7. The fraction of sp³-hybridized carbons (Fsp3) is 0.684. The highest BCUT2D eigenvalue weighted by Crippen LogP contribution is 2.60. The minimum atomic E-state index is -3.65. The Morgan fingerprint density at radius 1 is 1.04 bits per heavy atom. The van der Waals surface area contributed by atoms with Crippen LogP contribution in [0.1, 0.15) is 33.3 Å². The van der Waals surface area contributed by atoms with Gasteiger partial charge in [0.05, 0.1) is 6.61 Å². The molecular formula is C19H27O7P.